The topological polar surface area (TPSA) is 66.1 Å². The predicted octanol–water partition coefficient (Wildman–Crippen LogP) is 3.79. The molecule has 0 fully saturated rings. The molecule has 1 amide bonds. The van der Waals surface area contributed by atoms with Crippen LogP contribution in [-0.4, -0.2) is 21.6 Å². The molecule has 26 heavy (non-hydrogen) atoms. The number of amides is 1. The first-order valence-corrected chi connectivity index (χ1v) is 9.32. The molecule has 132 valence electrons. The summed E-state index contributed by atoms with van der Waals surface area (Å²) in [7, 11) is 0. The number of para-hydroxylation sites is 2. The molecule has 0 aliphatic rings. The highest BCUT2D eigenvalue weighted by atomic mass is 32.2. The number of nitrogens with zero attached hydrogens (tertiary/aromatic N) is 2. The summed E-state index contributed by atoms with van der Waals surface area (Å²) in [5.74, 6) is 0.0804. The molecule has 1 heterocycles. The van der Waals surface area contributed by atoms with E-state index in [-0.39, 0.29) is 17.2 Å². The molecule has 3 rings (SSSR count). The summed E-state index contributed by atoms with van der Waals surface area (Å²) in [4.78, 5) is 33.4. The first kappa shape index (κ1) is 17.9. The van der Waals surface area contributed by atoms with E-state index in [0.29, 0.717) is 17.3 Å². The Morgan fingerprint density at radius 1 is 1.04 bits per heavy atom. The summed E-state index contributed by atoms with van der Waals surface area (Å²) < 4.78 is 0. The van der Waals surface area contributed by atoms with Gasteiger partial charge >= 0.3 is 0 Å². The van der Waals surface area contributed by atoms with Crippen molar-refractivity contribution in [3.05, 3.63) is 82.8 Å². The Labute approximate surface area is 156 Å². The van der Waals surface area contributed by atoms with Crippen LogP contribution in [0.15, 0.2) is 76.7 Å². The van der Waals surface area contributed by atoms with Gasteiger partial charge in [-0.2, -0.15) is 0 Å². The minimum atomic E-state index is -0.199. The lowest BCUT2D eigenvalue weighted by Crippen LogP contribution is -2.27. The third-order valence-corrected chi connectivity index (χ3v) is 4.60. The van der Waals surface area contributed by atoms with E-state index >= 15 is 0 Å². The lowest BCUT2D eigenvalue weighted by Gasteiger charge is -2.22. The van der Waals surface area contributed by atoms with Crippen LogP contribution in [0.4, 0.5) is 11.4 Å². The molecular formula is C20H19N3O2S. The Morgan fingerprint density at radius 3 is 2.15 bits per heavy atom. The number of aromatic nitrogens is 2. The predicted molar refractivity (Wildman–Crippen MR) is 105 cm³/mol. The molecule has 5 nitrogen and oxygen atoms in total. The zero-order valence-electron chi connectivity index (χ0n) is 14.4. The van der Waals surface area contributed by atoms with Crippen molar-refractivity contribution in [2.24, 2.45) is 0 Å². The SMILES string of the molecule is CCc1cc(=O)[nH]c(SCC(=O)N(c2ccccc2)c2ccccc2)n1. The van der Waals surface area contributed by atoms with Gasteiger partial charge in [-0.15, -0.1) is 0 Å². The van der Waals surface area contributed by atoms with Gasteiger partial charge in [0.2, 0.25) is 5.91 Å². The molecule has 1 N–H and O–H groups in total. The van der Waals surface area contributed by atoms with Gasteiger partial charge < -0.3 is 4.98 Å². The van der Waals surface area contributed by atoms with Crippen molar-refractivity contribution < 1.29 is 4.79 Å². The molecule has 0 unspecified atom stereocenters. The van der Waals surface area contributed by atoms with Crippen LogP contribution in [-0.2, 0) is 11.2 Å². The monoisotopic (exact) mass is 365 g/mol. The molecule has 0 aliphatic heterocycles. The number of aromatic amines is 1. The van der Waals surface area contributed by atoms with Gasteiger partial charge in [-0.25, -0.2) is 4.98 Å². The number of hydrogen-bond donors (Lipinski definition) is 1. The number of nitrogens with one attached hydrogen (secondary N) is 1. The average molecular weight is 365 g/mol. The Kier molecular flexibility index (Phi) is 5.86. The molecule has 6 heteroatoms. The molecule has 3 aromatic rings. The summed E-state index contributed by atoms with van der Waals surface area (Å²) in [6.07, 6.45) is 0.672. The van der Waals surface area contributed by atoms with E-state index in [0.717, 1.165) is 11.4 Å². The number of hydrogen-bond acceptors (Lipinski definition) is 4. The molecule has 0 spiro atoms. The Balaban J connectivity index is 1.83. The zero-order chi connectivity index (χ0) is 18.4. The van der Waals surface area contributed by atoms with E-state index in [1.54, 1.807) is 4.90 Å². The largest absolute Gasteiger partial charge is 0.301 e. The maximum Gasteiger partial charge on any atom is 0.251 e. The minimum Gasteiger partial charge on any atom is -0.301 e. The van der Waals surface area contributed by atoms with E-state index in [4.69, 9.17) is 0 Å². The molecule has 0 atom stereocenters. The first-order chi connectivity index (χ1) is 12.7. The van der Waals surface area contributed by atoms with Crippen molar-refractivity contribution in [3.8, 4) is 0 Å². The lowest BCUT2D eigenvalue weighted by molar-refractivity contribution is -0.115. The lowest BCUT2D eigenvalue weighted by atomic mass is 10.2. The maximum absolute atomic E-state index is 12.9. The molecule has 0 aliphatic carbocycles. The molecule has 1 aromatic heterocycles. The summed E-state index contributed by atoms with van der Waals surface area (Å²) in [6, 6.07) is 20.5. The normalized spacial score (nSPS) is 10.5. The number of H-pyrrole nitrogens is 1. The van der Waals surface area contributed by atoms with Crippen molar-refractivity contribution in [1.82, 2.24) is 9.97 Å². The van der Waals surface area contributed by atoms with Crippen LogP contribution < -0.4 is 10.5 Å². The summed E-state index contributed by atoms with van der Waals surface area (Å²) >= 11 is 1.23. The van der Waals surface area contributed by atoms with E-state index in [1.165, 1.54) is 17.8 Å². The second-order valence-electron chi connectivity index (χ2n) is 5.58. The van der Waals surface area contributed by atoms with Crippen LogP contribution in [0, 0.1) is 0 Å². The van der Waals surface area contributed by atoms with E-state index < -0.39 is 0 Å². The van der Waals surface area contributed by atoms with Gasteiger partial charge in [-0.05, 0) is 30.7 Å². The molecule has 2 aromatic carbocycles. The van der Waals surface area contributed by atoms with Gasteiger partial charge in [0.05, 0.1) is 5.75 Å². The fourth-order valence-corrected chi connectivity index (χ4v) is 3.26. The van der Waals surface area contributed by atoms with Gasteiger partial charge in [-0.3, -0.25) is 14.5 Å². The number of carbonyl (C=O) groups excluding carboxylic acids is 1. The summed E-state index contributed by atoms with van der Waals surface area (Å²) in [5, 5.41) is 0.462. The Hall–Kier alpha value is -2.86. The first-order valence-electron chi connectivity index (χ1n) is 8.33. The van der Waals surface area contributed by atoms with Crippen molar-refractivity contribution in [3.63, 3.8) is 0 Å². The quantitative estimate of drug-likeness (QED) is 0.533. The van der Waals surface area contributed by atoms with Gasteiger partial charge in [-0.1, -0.05) is 55.1 Å². The van der Waals surface area contributed by atoms with Crippen molar-refractivity contribution in [1.29, 1.82) is 0 Å². The van der Waals surface area contributed by atoms with Gasteiger partial charge in [0.1, 0.15) is 0 Å². The highest BCUT2D eigenvalue weighted by Gasteiger charge is 2.18. The molecule has 0 radical (unpaired) electrons. The standard InChI is InChI=1S/C20H19N3O2S/c1-2-15-13-18(24)22-20(21-15)26-14-19(25)23(16-9-5-3-6-10-16)17-11-7-4-8-12-17/h3-13H,2,14H2,1H3,(H,21,22,24). The van der Waals surface area contributed by atoms with Crippen LogP contribution in [0.5, 0.6) is 0 Å². The van der Waals surface area contributed by atoms with Crippen molar-refractivity contribution >= 4 is 29.0 Å². The van der Waals surface area contributed by atoms with E-state index in [2.05, 4.69) is 9.97 Å². The Morgan fingerprint density at radius 2 is 1.62 bits per heavy atom. The summed E-state index contributed by atoms with van der Waals surface area (Å²) in [6.45, 7) is 1.94. The molecule has 0 saturated carbocycles. The highest BCUT2D eigenvalue weighted by Crippen LogP contribution is 2.26. The average Bonchev–Trinajstić information content (AvgIpc) is 2.68. The number of aryl methyl sites for hydroxylation is 1. The summed E-state index contributed by atoms with van der Waals surface area (Å²) in [5.41, 5.74) is 2.11. The Bertz CT molecular complexity index is 887. The number of benzene rings is 2. The second-order valence-corrected chi connectivity index (χ2v) is 6.55. The maximum atomic E-state index is 12.9. The molecule has 0 bridgehead atoms. The van der Waals surface area contributed by atoms with Crippen LogP contribution in [0.25, 0.3) is 0 Å². The van der Waals surface area contributed by atoms with Crippen LogP contribution in [0.2, 0.25) is 0 Å². The fourth-order valence-electron chi connectivity index (χ4n) is 2.52. The number of anilines is 2. The third kappa shape index (κ3) is 4.40. The van der Waals surface area contributed by atoms with E-state index in [1.807, 2.05) is 67.6 Å². The second kappa shape index (κ2) is 8.49. The zero-order valence-corrected chi connectivity index (χ0v) is 15.2. The van der Waals surface area contributed by atoms with Crippen LogP contribution in [0.3, 0.4) is 0 Å². The third-order valence-electron chi connectivity index (χ3n) is 3.75. The van der Waals surface area contributed by atoms with Crippen molar-refractivity contribution in [2.75, 3.05) is 10.7 Å². The molecule has 0 saturated heterocycles. The fraction of sp³-hybridized carbons (Fsp3) is 0.150. The minimum absolute atomic E-state index is 0.0862. The number of rotatable bonds is 6. The van der Waals surface area contributed by atoms with Crippen LogP contribution >= 0.6 is 11.8 Å². The number of carbonyl (C=O) groups is 1. The van der Waals surface area contributed by atoms with Crippen molar-refractivity contribution in [2.45, 2.75) is 18.5 Å². The van der Waals surface area contributed by atoms with Gasteiger partial charge in [0.15, 0.2) is 5.16 Å². The molecular weight excluding hydrogens is 346 g/mol. The van der Waals surface area contributed by atoms with Gasteiger partial charge in [0.25, 0.3) is 5.56 Å². The van der Waals surface area contributed by atoms with Crippen LogP contribution in [0.1, 0.15) is 12.6 Å². The van der Waals surface area contributed by atoms with E-state index in [9.17, 15) is 9.59 Å². The highest BCUT2D eigenvalue weighted by molar-refractivity contribution is 7.99. The number of thioether (sulfide) groups is 1. The smallest absolute Gasteiger partial charge is 0.251 e. The van der Waals surface area contributed by atoms with Gasteiger partial charge in [0, 0.05) is 23.1 Å².